The molecule has 0 aliphatic heterocycles. The molecule has 1 N–H and O–H groups in total. The van der Waals surface area contributed by atoms with E-state index in [2.05, 4.69) is 10.3 Å². The Kier molecular flexibility index (Phi) is 4.21. The Morgan fingerprint density at radius 3 is 2.79 bits per heavy atom. The first-order chi connectivity index (χ1) is 9.00. The fourth-order valence-corrected chi connectivity index (χ4v) is 2.54. The van der Waals surface area contributed by atoms with Crippen molar-refractivity contribution < 1.29 is 13.2 Å². The Morgan fingerprint density at radius 1 is 1.32 bits per heavy atom. The van der Waals surface area contributed by atoms with Crippen LogP contribution in [0.1, 0.15) is 10.4 Å². The molecular formula is C13H13F3N2S. The predicted octanol–water partition coefficient (Wildman–Crippen LogP) is 3.59. The van der Waals surface area contributed by atoms with E-state index in [1.165, 1.54) is 17.4 Å². The highest BCUT2D eigenvalue weighted by Crippen LogP contribution is 2.33. The third-order valence-electron chi connectivity index (χ3n) is 2.61. The number of hydrogen-bond donors (Lipinski definition) is 1. The Morgan fingerprint density at radius 2 is 2.11 bits per heavy atom. The van der Waals surface area contributed by atoms with E-state index < -0.39 is 11.7 Å². The van der Waals surface area contributed by atoms with Gasteiger partial charge in [-0.1, -0.05) is 12.1 Å². The van der Waals surface area contributed by atoms with Crippen LogP contribution in [0.2, 0.25) is 0 Å². The molecule has 19 heavy (non-hydrogen) atoms. The lowest BCUT2D eigenvalue weighted by Crippen LogP contribution is -2.09. The second-order valence-electron chi connectivity index (χ2n) is 4.06. The number of thiazole rings is 1. The maximum absolute atomic E-state index is 12.6. The largest absolute Gasteiger partial charge is 0.416 e. The summed E-state index contributed by atoms with van der Waals surface area (Å²) in [5, 5.41) is 3.65. The Labute approximate surface area is 113 Å². The van der Waals surface area contributed by atoms with Crippen molar-refractivity contribution in [1.82, 2.24) is 10.3 Å². The first-order valence-corrected chi connectivity index (χ1v) is 6.59. The van der Waals surface area contributed by atoms with Crippen molar-refractivity contribution in [3.8, 4) is 10.6 Å². The van der Waals surface area contributed by atoms with Gasteiger partial charge in [0.15, 0.2) is 0 Å². The highest BCUT2D eigenvalue weighted by Gasteiger charge is 2.30. The standard InChI is InChI=1S/C13H13F3N2S/c1-17-6-5-11-8-18-12(19-11)9-3-2-4-10(7-9)13(14,15)16/h2-4,7-8,17H,5-6H2,1H3. The average Bonchev–Trinajstić information content (AvgIpc) is 2.84. The molecule has 1 heterocycles. The van der Waals surface area contributed by atoms with Crippen molar-refractivity contribution in [2.75, 3.05) is 13.6 Å². The van der Waals surface area contributed by atoms with Gasteiger partial charge < -0.3 is 5.32 Å². The molecule has 0 saturated heterocycles. The lowest BCUT2D eigenvalue weighted by Gasteiger charge is -2.07. The van der Waals surface area contributed by atoms with Gasteiger partial charge in [-0.2, -0.15) is 13.2 Å². The van der Waals surface area contributed by atoms with Crippen LogP contribution in [0.5, 0.6) is 0 Å². The van der Waals surface area contributed by atoms with Crippen LogP contribution in [0.3, 0.4) is 0 Å². The van der Waals surface area contributed by atoms with E-state index in [4.69, 9.17) is 0 Å². The van der Waals surface area contributed by atoms with E-state index in [9.17, 15) is 13.2 Å². The number of alkyl halides is 3. The summed E-state index contributed by atoms with van der Waals surface area (Å²) in [4.78, 5) is 5.24. The molecule has 0 radical (unpaired) electrons. The van der Waals surface area contributed by atoms with Crippen LogP contribution in [0.25, 0.3) is 10.6 Å². The van der Waals surface area contributed by atoms with Gasteiger partial charge in [-0.3, -0.25) is 0 Å². The summed E-state index contributed by atoms with van der Waals surface area (Å²) >= 11 is 1.43. The zero-order chi connectivity index (χ0) is 13.9. The molecule has 0 amide bonds. The van der Waals surface area contributed by atoms with Crippen LogP contribution in [0.4, 0.5) is 13.2 Å². The maximum Gasteiger partial charge on any atom is 0.416 e. The van der Waals surface area contributed by atoms with Crippen LogP contribution in [-0.2, 0) is 12.6 Å². The molecule has 1 aromatic carbocycles. The second-order valence-corrected chi connectivity index (χ2v) is 5.18. The van der Waals surface area contributed by atoms with Gasteiger partial charge in [-0.05, 0) is 32.1 Å². The minimum Gasteiger partial charge on any atom is -0.319 e. The summed E-state index contributed by atoms with van der Waals surface area (Å²) in [6, 6.07) is 5.27. The zero-order valence-electron chi connectivity index (χ0n) is 10.3. The number of nitrogens with one attached hydrogen (secondary N) is 1. The van der Waals surface area contributed by atoms with Crippen molar-refractivity contribution in [3.05, 3.63) is 40.9 Å². The maximum atomic E-state index is 12.6. The summed E-state index contributed by atoms with van der Waals surface area (Å²) in [5.41, 5.74) is -0.132. The molecule has 0 saturated carbocycles. The Balaban J connectivity index is 2.24. The van der Waals surface area contributed by atoms with Crippen LogP contribution in [-0.4, -0.2) is 18.6 Å². The number of nitrogens with zero attached hydrogens (tertiary/aromatic N) is 1. The summed E-state index contributed by atoms with van der Waals surface area (Å²) in [6.07, 6.45) is -1.77. The van der Waals surface area contributed by atoms with Gasteiger partial charge in [-0.15, -0.1) is 11.3 Å². The molecule has 0 unspecified atom stereocenters. The lowest BCUT2D eigenvalue weighted by molar-refractivity contribution is -0.137. The smallest absolute Gasteiger partial charge is 0.319 e. The van der Waals surface area contributed by atoms with Crippen LogP contribution in [0.15, 0.2) is 30.5 Å². The van der Waals surface area contributed by atoms with Crippen molar-refractivity contribution in [3.63, 3.8) is 0 Å². The fourth-order valence-electron chi connectivity index (χ4n) is 1.63. The van der Waals surface area contributed by atoms with Gasteiger partial charge >= 0.3 is 6.18 Å². The van der Waals surface area contributed by atoms with E-state index >= 15 is 0 Å². The summed E-state index contributed by atoms with van der Waals surface area (Å²) < 4.78 is 37.9. The summed E-state index contributed by atoms with van der Waals surface area (Å²) in [5.74, 6) is 0. The first-order valence-electron chi connectivity index (χ1n) is 5.77. The fraction of sp³-hybridized carbons (Fsp3) is 0.308. The molecule has 6 heteroatoms. The molecule has 1 aromatic heterocycles. The lowest BCUT2D eigenvalue weighted by atomic mass is 10.1. The highest BCUT2D eigenvalue weighted by atomic mass is 32.1. The Hall–Kier alpha value is -1.40. The van der Waals surface area contributed by atoms with Gasteiger partial charge in [-0.25, -0.2) is 4.98 Å². The van der Waals surface area contributed by atoms with Crippen LogP contribution in [0, 0.1) is 0 Å². The van der Waals surface area contributed by atoms with Crippen molar-refractivity contribution in [2.24, 2.45) is 0 Å². The molecule has 0 aliphatic rings. The molecule has 0 spiro atoms. The minimum atomic E-state index is -4.32. The zero-order valence-corrected chi connectivity index (χ0v) is 11.1. The number of aromatic nitrogens is 1. The minimum absolute atomic E-state index is 0.510. The van der Waals surface area contributed by atoms with E-state index in [1.807, 2.05) is 7.05 Å². The van der Waals surface area contributed by atoms with Crippen LogP contribution < -0.4 is 5.32 Å². The monoisotopic (exact) mass is 286 g/mol. The van der Waals surface area contributed by atoms with Gasteiger partial charge in [0.25, 0.3) is 0 Å². The average molecular weight is 286 g/mol. The number of benzene rings is 1. The molecule has 0 fully saturated rings. The van der Waals surface area contributed by atoms with E-state index in [0.29, 0.717) is 10.6 Å². The van der Waals surface area contributed by atoms with Crippen LogP contribution >= 0.6 is 11.3 Å². The van der Waals surface area contributed by atoms with Crippen molar-refractivity contribution in [2.45, 2.75) is 12.6 Å². The quantitative estimate of drug-likeness (QED) is 0.929. The normalized spacial score (nSPS) is 11.8. The Bertz CT molecular complexity index is 549. The van der Waals surface area contributed by atoms with Gasteiger partial charge in [0.05, 0.1) is 5.56 Å². The van der Waals surface area contributed by atoms with Gasteiger partial charge in [0, 0.05) is 16.6 Å². The number of hydrogen-bond acceptors (Lipinski definition) is 3. The highest BCUT2D eigenvalue weighted by molar-refractivity contribution is 7.15. The van der Waals surface area contributed by atoms with Gasteiger partial charge in [0.1, 0.15) is 5.01 Å². The number of rotatable bonds is 4. The van der Waals surface area contributed by atoms with Crippen molar-refractivity contribution in [1.29, 1.82) is 0 Å². The third-order valence-corrected chi connectivity index (χ3v) is 3.72. The molecule has 0 atom stereocenters. The molecule has 2 rings (SSSR count). The number of halogens is 3. The molecule has 0 aliphatic carbocycles. The molecule has 2 nitrogen and oxygen atoms in total. The molecule has 2 aromatic rings. The second kappa shape index (κ2) is 5.71. The van der Waals surface area contributed by atoms with Gasteiger partial charge in [0.2, 0.25) is 0 Å². The topological polar surface area (TPSA) is 24.9 Å². The van der Waals surface area contributed by atoms with E-state index in [0.717, 1.165) is 30.0 Å². The van der Waals surface area contributed by atoms with E-state index in [1.54, 1.807) is 12.3 Å². The molecule has 0 bridgehead atoms. The molecule has 102 valence electrons. The van der Waals surface area contributed by atoms with Crippen molar-refractivity contribution >= 4 is 11.3 Å². The molecular weight excluding hydrogens is 273 g/mol. The number of likely N-dealkylation sites (N-methyl/N-ethyl adjacent to an activating group) is 1. The third kappa shape index (κ3) is 3.54. The predicted molar refractivity (Wildman–Crippen MR) is 70.2 cm³/mol. The first kappa shape index (κ1) is 14.0. The van der Waals surface area contributed by atoms with E-state index in [-0.39, 0.29) is 0 Å². The summed E-state index contributed by atoms with van der Waals surface area (Å²) in [7, 11) is 1.86. The SMILES string of the molecule is CNCCc1cnc(-c2cccc(C(F)(F)F)c2)s1. The summed E-state index contributed by atoms with van der Waals surface area (Å²) in [6.45, 7) is 0.824.